The monoisotopic (exact) mass is 509 g/mol. The lowest BCUT2D eigenvalue weighted by atomic mass is 9.79. The first-order chi connectivity index (χ1) is 17.1. The summed E-state index contributed by atoms with van der Waals surface area (Å²) in [6, 6.07) is 13.1. The number of anilines is 1. The Kier molecular flexibility index (Phi) is 5.91. The number of hydrogen-bond acceptors (Lipinski definition) is 4. The molecule has 0 radical (unpaired) electrons. The SMILES string of the molecule is CC(C)(C)c1ccc(N2C(=O)c3cc(F)ccc3[C@@H](C(=O)O)[C@@H]2c2ccc3c(c2)OCCO3)cc1Cl. The fourth-order valence-corrected chi connectivity index (χ4v) is 5.41. The number of carboxylic acids is 1. The fourth-order valence-electron chi connectivity index (χ4n) is 4.95. The van der Waals surface area contributed by atoms with Crippen molar-refractivity contribution in [2.75, 3.05) is 18.1 Å². The molecule has 2 heterocycles. The van der Waals surface area contributed by atoms with Gasteiger partial charge in [-0.1, -0.05) is 50.6 Å². The number of nitrogens with zero attached hydrogens (tertiary/aromatic N) is 1. The number of carbonyl (C=O) groups excluding carboxylic acids is 1. The number of benzene rings is 3. The third-order valence-corrected chi connectivity index (χ3v) is 6.92. The molecule has 6 nitrogen and oxygen atoms in total. The first kappa shape index (κ1) is 24.1. The van der Waals surface area contributed by atoms with Crippen LogP contribution in [0, 0.1) is 5.82 Å². The minimum absolute atomic E-state index is 0.00668. The Balaban J connectivity index is 1.74. The molecular weight excluding hydrogens is 485 g/mol. The predicted octanol–water partition coefficient (Wildman–Crippen LogP) is 6.12. The predicted molar refractivity (Wildman–Crippen MR) is 134 cm³/mol. The molecule has 0 unspecified atom stereocenters. The van der Waals surface area contributed by atoms with Crippen molar-refractivity contribution in [2.24, 2.45) is 0 Å². The third kappa shape index (κ3) is 4.07. The van der Waals surface area contributed by atoms with E-state index in [0.717, 1.165) is 11.6 Å². The lowest BCUT2D eigenvalue weighted by Gasteiger charge is -2.41. The molecule has 0 saturated heterocycles. The van der Waals surface area contributed by atoms with Crippen molar-refractivity contribution in [1.82, 2.24) is 0 Å². The van der Waals surface area contributed by atoms with Crippen LogP contribution in [0.1, 0.15) is 59.8 Å². The first-order valence-electron chi connectivity index (χ1n) is 11.6. The van der Waals surface area contributed by atoms with E-state index in [-0.39, 0.29) is 16.5 Å². The number of carboxylic acid groups (broad SMARTS) is 1. The van der Waals surface area contributed by atoms with E-state index in [2.05, 4.69) is 0 Å². The molecule has 2 aliphatic heterocycles. The average Bonchev–Trinajstić information content (AvgIpc) is 2.82. The van der Waals surface area contributed by atoms with Gasteiger partial charge in [-0.25, -0.2) is 4.39 Å². The molecule has 0 fully saturated rings. The lowest BCUT2D eigenvalue weighted by molar-refractivity contribution is -0.139. The maximum Gasteiger partial charge on any atom is 0.313 e. The summed E-state index contributed by atoms with van der Waals surface area (Å²) in [5.41, 5.74) is 1.87. The molecule has 1 N–H and O–H groups in total. The summed E-state index contributed by atoms with van der Waals surface area (Å²) in [4.78, 5) is 28.0. The molecule has 0 aromatic heterocycles. The number of hydrogen-bond donors (Lipinski definition) is 1. The normalized spacial score (nSPS) is 19.1. The summed E-state index contributed by atoms with van der Waals surface area (Å²) < 4.78 is 25.6. The Hall–Kier alpha value is -3.58. The Morgan fingerprint density at radius 2 is 1.75 bits per heavy atom. The van der Waals surface area contributed by atoms with Gasteiger partial charge in [0.2, 0.25) is 0 Å². The quantitative estimate of drug-likeness (QED) is 0.460. The zero-order valence-corrected chi connectivity index (χ0v) is 20.8. The van der Waals surface area contributed by atoms with E-state index in [4.69, 9.17) is 21.1 Å². The van der Waals surface area contributed by atoms with Crippen LogP contribution >= 0.6 is 11.6 Å². The Morgan fingerprint density at radius 3 is 2.42 bits per heavy atom. The van der Waals surface area contributed by atoms with Crippen LogP contribution in [0.2, 0.25) is 5.02 Å². The van der Waals surface area contributed by atoms with Crippen LogP contribution in [0.5, 0.6) is 11.5 Å². The molecule has 0 spiro atoms. The van der Waals surface area contributed by atoms with Gasteiger partial charge in [-0.2, -0.15) is 0 Å². The van der Waals surface area contributed by atoms with E-state index < -0.39 is 29.7 Å². The highest BCUT2D eigenvalue weighted by atomic mass is 35.5. The van der Waals surface area contributed by atoms with Crippen molar-refractivity contribution in [1.29, 1.82) is 0 Å². The van der Waals surface area contributed by atoms with E-state index in [9.17, 15) is 19.1 Å². The van der Waals surface area contributed by atoms with Crippen molar-refractivity contribution < 1.29 is 28.6 Å². The molecule has 5 rings (SSSR count). The van der Waals surface area contributed by atoms with Crippen LogP contribution < -0.4 is 14.4 Å². The molecule has 0 saturated carbocycles. The van der Waals surface area contributed by atoms with Crippen LogP contribution in [-0.2, 0) is 10.2 Å². The summed E-state index contributed by atoms with van der Waals surface area (Å²) >= 11 is 6.64. The molecule has 3 aromatic carbocycles. The van der Waals surface area contributed by atoms with Gasteiger partial charge in [0.15, 0.2) is 11.5 Å². The van der Waals surface area contributed by atoms with Gasteiger partial charge >= 0.3 is 5.97 Å². The Morgan fingerprint density at radius 1 is 1.03 bits per heavy atom. The van der Waals surface area contributed by atoms with Crippen molar-refractivity contribution >= 4 is 29.2 Å². The van der Waals surface area contributed by atoms with Crippen molar-refractivity contribution in [3.63, 3.8) is 0 Å². The molecule has 2 aliphatic rings. The minimum atomic E-state index is -1.16. The van der Waals surface area contributed by atoms with Gasteiger partial charge in [0.1, 0.15) is 24.9 Å². The summed E-state index contributed by atoms with van der Waals surface area (Å²) in [5, 5.41) is 10.8. The van der Waals surface area contributed by atoms with Gasteiger partial charge in [-0.15, -0.1) is 0 Å². The number of rotatable bonds is 3. The molecule has 0 aliphatic carbocycles. The number of carbonyl (C=O) groups is 2. The second-order valence-electron chi connectivity index (χ2n) is 9.98. The third-order valence-electron chi connectivity index (χ3n) is 6.61. The Labute approximate surface area is 213 Å². The molecule has 1 amide bonds. The molecule has 0 bridgehead atoms. The van der Waals surface area contributed by atoms with Gasteiger partial charge in [0.25, 0.3) is 5.91 Å². The zero-order chi connectivity index (χ0) is 25.8. The summed E-state index contributed by atoms with van der Waals surface area (Å²) in [6.45, 7) is 6.85. The van der Waals surface area contributed by atoms with Gasteiger partial charge < -0.3 is 14.6 Å². The van der Waals surface area contributed by atoms with Gasteiger partial charge in [-0.05, 0) is 58.5 Å². The molecule has 8 heteroatoms. The molecular formula is C28H25ClFNO5. The van der Waals surface area contributed by atoms with Crippen molar-refractivity contribution in [3.05, 3.63) is 87.7 Å². The molecule has 186 valence electrons. The number of ether oxygens (including phenoxy) is 2. The summed E-state index contributed by atoms with van der Waals surface area (Å²) in [7, 11) is 0. The molecule has 3 aromatic rings. The van der Waals surface area contributed by atoms with E-state index in [1.54, 1.807) is 30.3 Å². The maximum absolute atomic E-state index is 14.2. The highest BCUT2D eigenvalue weighted by Crippen LogP contribution is 2.48. The number of fused-ring (bicyclic) bond motifs is 2. The first-order valence-corrected chi connectivity index (χ1v) is 12.0. The van der Waals surface area contributed by atoms with Gasteiger partial charge in [0, 0.05) is 16.3 Å². The largest absolute Gasteiger partial charge is 0.486 e. The van der Waals surface area contributed by atoms with Crippen LogP contribution in [-0.4, -0.2) is 30.2 Å². The fraction of sp³-hybridized carbons (Fsp3) is 0.286. The lowest BCUT2D eigenvalue weighted by Crippen LogP contribution is -2.45. The number of aliphatic carboxylic acids is 1. The second-order valence-corrected chi connectivity index (χ2v) is 10.4. The average molecular weight is 510 g/mol. The molecule has 2 atom stereocenters. The van der Waals surface area contributed by atoms with E-state index in [1.165, 1.54) is 17.0 Å². The topological polar surface area (TPSA) is 76.1 Å². The van der Waals surface area contributed by atoms with Gasteiger partial charge in [0.05, 0.1) is 6.04 Å². The van der Waals surface area contributed by atoms with Gasteiger partial charge in [-0.3, -0.25) is 14.5 Å². The highest BCUT2D eigenvalue weighted by molar-refractivity contribution is 6.32. The van der Waals surface area contributed by atoms with E-state index in [1.807, 2.05) is 26.8 Å². The number of halogens is 2. The van der Waals surface area contributed by atoms with Crippen LogP contribution in [0.25, 0.3) is 0 Å². The van der Waals surface area contributed by atoms with Crippen LogP contribution in [0.3, 0.4) is 0 Å². The smallest absolute Gasteiger partial charge is 0.313 e. The van der Waals surface area contributed by atoms with E-state index in [0.29, 0.717) is 41.0 Å². The zero-order valence-electron chi connectivity index (χ0n) is 20.0. The minimum Gasteiger partial charge on any atom is -0.486 e. The summed E-state index contributed by atoms with van der Waals surface area (Å²) in [5.74, 6) is -2.42. The standard InChI is InChI=1S/C28H25ClFNO5/c1-28(2,3)20-8-6-17(14-21(20)29)31-25(15-4-9-22-23(12-15)36-11-10-35-22)24(27(33)34)18-7-5-16(30)13-19(18)26(31)32/h4-9,12-14,24-25H,10-11H2,1-3H3,(H,33,34)/t24-,25+/m1/s1. The summed E-state index contributed by atoms with van der Waals surface area (Å²) in [6.07, 6.45) is 0. The second kappa shape index (κ2) is 8.82. The van der Waals surface area contributed by atoms with Crippen LogP contribution in [0.4, 0.5) is 10.1 Å². The maximum atomic E-state index is 14.2. The number of amides is 1. The van der Waals surface area contributed by atoms with Crippen molar-refractivity contribution in [2.45, 2.75) is 38.1 Å². The van der Waals surface area contributed by atoms with Crippen molar-refractivity contribution in [3.8, 4) is 11.5 Å². The highest BCUT2D eigenvalue weighted by Gasteiger charge is 2.45. The Bertz CT molecular complexity index is 1380. The molecule has 36 heavy (non-hydrogen) atoms. The van der Waals surface area contributed by atoms with E-state index >= 15 is 0 Å². The van der Waals surface area contributed by atoms with Crippen LogP contribution in [0.15, 0.2) is 54.6 Å².